The van der Waals surface area contributed by atoms with Gasteiger partial charge in [-0.1, -0.05) is 12.1 Å². The molecule has 3 heterocycles. The molecular weight excluding hydrogens is 430 g/mol. The van der Waals surface area contributed by atoms with Crippen LogP contribution in [-0.2, 0) is 0 Å². The number of hydrogen-bond donors (Lipinski definition) is 0. The molecule has 2 aromatic carbocycles. The second-order valence-electron chi connectivity index (χ2n) is 7.43. The summed E-state index contributed by atoms with van der Waals surface area (Å²) in [5.74, 6) is 3.01. The molecule has 1 aliphatic heterocycles. The highest BCUT2D eigenvalue weighted by Gasteiger charge is 2.27. The third-order valence-electron chi connectivity index (χ3n) is 5.39. The van der Waals surface area contributed by atoms with E-state index in [1.165, 1.54) is 0 Å². The first-order chi connectivity index (χ1) is 15.7. The van der Waals surface area contributed by atoms with Gasteiger partial charge in [0, 0.05) is 24.4 Å². The maximum Gasteiger partial charge on any atom is 0.233 e. The summed E-state index contributed by atoms with van der Waals surface area (Å²) >= 11 is 5.76. The zero-order valence-corrected chi connectivity index (χ0v) is 18.3. The Balaban J connectivity index is 1.37. The normalized spacial score (nSPS) is 15.9. The molecule has 1 aliphatic rings. The van der Waals surface area contributed by atoms with Gasteiger partial charge in [0.25, 0.3) is 0 Å². The summed E-state index contributed by atoms with van der Waals surface area (Å²) in [6, 6.07) is 11.5. The predicted molar refractivity (Wildman–Crippen MR) is 123 cm³/mol. The molecule has 0 radical (unpaired) electrons. The summed E-state index contributed by atoms with van der Waals surface area (Å²) in [6.45, 7) is 1.89. The van der Waals surface area contributed by atoms with E-state index in [0.29, 0.717) is 36.4 Å². The first-order valence-electron chi connectivity index (χ1n) is 10.4. The number of ether oxygens (including phenoxy) is 3. The van der Waals surface area contributed by atoms with Crippen LogP contribution in [0.1, 0.15) is 6.42 Å². The van der Waals surface area contributed by atoms with Crippen LogP contribution < -0.4 is 19.1 Å². The number of rotatable bonds is 7. The van der Waals surface area contributed by atoms with Crippen molar-refractivity contribution >= 4 is 39.4 Å². The second kappa shape index (κ2) is 9.00. The van der Waals surface area contributed by atoms with Crippen LogP contribution in [0.3, 0.4) is 0 Å². The van der Waals surface area contributed by atoms with E-state index in [0.717, 1.165) is 40.7 Å². The minimum absolute atomic E-state index is 0.0105. The first-order valence-corrected chi connectivity index (χ1v) is 10.9. The van der Waals surface area contributed by atoms with Gasteiger partial charge in [0.15, 0.2) is 11.5 Å². The Morgan fingerprint density at radius 1 is 1.06 bits per heavy atom. The fourth-order valence-corrected chi connectivity index (χ4v) is 3.98. The SMILES string of the molecule is COc1cc2c(N3CCC(Oc4cnc5ccccc5n4)C3)ncnc2cc1OCCCl. The van der Waals surface area contributed by atoms with Crippen LogP contribution in [0.2, 0.25) is 0 Å². The van der Waals surface area contributed by atoms with Gasteiger partial charge in [0.2, 0.25) is 5.88 Å². The Labute approximate surface area is 190 Å². The van der Waals surface area contributed by atoms with Crippen molar-refractivity contribution in [1.29, 1.82) is 0 Å². The lowest BCUT2D eigenvalue weighted by Crippen LogP contribution is -2.25. The van der Waals surface area contributed by atoms with Crippen molar-refractivity contribution < 1.29 is 14.2 Å². The van der Waals surface area contributed by atoms with Gasteiger partial charge in [-0.3, -0.25) is 0 Å². The Bertz CT molecular complexity index is 1250. The third-order valence-corrected chi connectivity index (χ3v) is 5.55. The molecule has 1 fully saturated rings. The molecular formula is C23H22ClN5O3. The summed E-state index contributed by atoms with van der Waals surface area (Å²) in [5.41, 5.74) is 2.45. The Morgan fingerprint density at radius 2 is 1.94 bits per heavy atom. The van der Waals surface area contributed by atoms with Crippen LogP contribution >= 0.6 is 11.6 Å². The van der Waals surface area contributed by atoms with E-state index in [2.05, 4.69) is 24.8 Å². The number of nitrogens with zero attached hydrogens (tertiary/aromatic N) is 5. The topological polar surface area (TPSA) is 82.5 Å². The standard InChI is InChI=1S/C23H22ClN5O3/c1-30-20-10-16-19(11-21(20)31-9-7-24)26-14-27-23(16)29-8-6-15(13-29)32-22-12-25-17-4-2-3-5-18(17)28-22/h2-5,10-12,14-15H,6-9,13H2,1H3. The van der Waals surface area contributed by atoms with Gasteiger partial charge in [0.05, 0.1) is 42.3 Å². The first kappa shape index (κ1) is 20.5. The number of anilines is 1. The van der Waals surface area contributed by atoms with Crippen LogP contribution in [0.5, 0.6) is 17.4 Å². The van der Waals surface area contributed by atoms with Crippen molar-refractivity contribution in [2.75, 3.05) is 37.6 Å². The lowest BCUT2D eigenvalue weighted by molar-refractivity contribution is 0.216. The van der Waals surface area contributed by atoms with Crippen LogP contribution in [-0.4, -0.2) is 58.7 Å². The molecule has 0 bridgehead atoms. The van der Waals surface area contributed by atoms with E-state index in [1.807, 2.05) is 36.4 Å². The van der Waals surface area contributed by atoms with Crippen molar-refractivity contribution in [3.05, 3.63) is 48.9 Å². The smallest absolute Gasteiger partial charge is 0.233 e. The fraction of sp³-hybridized carbons (Fsp3) is 0.304. The average molecular weight is 452 g/mol. The zero-order valence-electron chi connectivity index (χ0n) is 17.6. The van der Waals surface area contributed by atoms with Crippen molar-refractivity contribution in [1.82, 2.24) is 19.9 Å². The quantitative estimate of drug-likeness (QED) is 0.392. The Hall–Kier alpha value is -3.39. The van der Waals surface area contributed by atoms with Crippen LogP contribution in [0.4, 0.5) is 5.82 Å². The zero-order chi connectivity index (χ0) is 21.9. The molecule has 1 saturated heterocycles. The monoisotopic (exact) mass is 451 g/mol. The van der Waals surface area contributed by atoms with Crippen molar-refractivity contribution in [3.8, 4) is 17.4 Å². The van der Waals surface area contributed by atoms with E-state index < -0.39 is 0 Å². The minimum atomic E-state index is -0.0105. The molecule has 1 unspecified atom stereocenters. The molecule has 0 aliphatic carbocycles. The molecule has 0 spiro atoms. The Kier molecular flexibility index (Phi) is 5.77. The molecule has 1 atom stereocenters. The van der Waals surface area contributed by atoms with Gasteiger partial charge in [0.1, 0.15) is 24.9 Å². The number of halogens is 1. The molecule has 5 rings (SSSR count). The Morgan fingerprint density at radius 3 is 2.78 bits per heavy atom. The molecule has 0 N–H and O–H groups in total. The van der Waals surface area contributed by atoms with E-state index >= 15 is 0 Å². The summed E-state index contributed by atoms with van der Waals surface area (Å²) < 4.78 is 17.4. The van der Waals surface area contributed by atoms with Gasteiger partial charge in [-0.2, -0.15) is 0 Å². The number of alkyl halides is 1. The molecule has 32 heavy (non-hydrogen) atoms. The summed E-state index contributed by atoms with van der Waals surface area (Å²) in [7, 11) is 1.61. The predicted octanol–water partition coefficient (Wildman–Crippen LogP) is 3.86. The number of aromatic nitrogens is 4. The number of fused-ring (bicyclic) bond motifs is 2. The molecule has 2 aromatic heterocycles. The highest BCUT2D eigenvalue weighted by molar-refractivity contribution is 6.18. The van der Waals surface area contributed by atoms with Crippen LogP contribution in [0, 0.1) is 0 Å². The maximum atomic E-state index is 6.14. The lowest BCUT2D eigenvalue weighted by atomic mass is 10.2. The highest BCUT2D eigenvalue weighted by atomic mass is 35.5. The molecule has 4 aromatic rings. The summed E-state index contributed by atoms with van der Waals surface area (Å²) in [4.78, 5) is 20.2. The number of methoxy groups -OCH3 is 1. The van der Waals surface area contributed by atoms with Gasteiger partial charge in [-0.15, -0.1) is 11.6 Å². The third kappa shape index (κ3) is 4.05. The van der Waals surface area contributed by atoms with Crippen LogP contribution in [0.15, 0.2) is 48.9 Å². The molecule has 0 amide bonds. The minimum Gasteiger partial charge on any atom is -0.493 e. The molecule has 164 valence electrons. The van der Waals surface area contributed by atoms with Gasteiger partial charge >= 0.3 is 0 Å². The average Bonchev–Trinajstić information content (AvgIpc) is 3.29. The van der Waals surface area contributed by atoms with Crippen LogP contribution in [0.25, 0.3) is 21.9 Å². The largest absolute Gasteiger partial charge is 0.493 e. The van der Waals surface area contributed by atoms with Crippen molar-refractivity contribution in [2.24, 2.45) is 0 Å². The van der Waals surface area contributed by atoms with E-state index in [9.17, 15) is 0 Å². The maximum absolute atomic E-state index is 6.14. The number of para-hydroxylation sites is 2. The highest BCUT2D eigenvalue weighted by Crippen LogP contribution is 2.36. The molecule has 8 nitrogen and oxygen atoms in total. The van der Waals surface area contributed by atoms with Gasteiger partial charge in [-0.25, -0.2) is 19.9 Å². The van der Waals surface area contributed by atoms with Crippen molar-refractivity contribution in [2.45, 2.75) is 12.5 Å². The molecule has 9 heteroatoms. The summed E-state index contributed by atoms with van der Waals surface area (Å²) in [5, 5.41) is 0.897. The van der Waals surface area contributed by atoms with Gasteiger partial charge in [-0.05, 0) is 18.2 Å². The number of hydrogen-bond acceptors (Lipinski definition) is 8. The van der Waals surface area contributed by atoms with E-state index in [4.69, 9.17) is 25.8 Å². The van der Waals surface area contributed by atoms with Crippen molar-refractivity contribution in [3.63, 3.8) is 0 Å². The molecule has 0 saturated carbocycles. The lowest BCUT2D eigenvalue weighted by Gasteiger charge is -2.20. The van der Waals surface area contributed by atoms with Gasteiger partial charge < -0.3 is 19.1 Å². The fourth-order valence-electron chi connectivity index (χ4n) is 3.91. The summed E-state index contributed by atoms with van der Waals surface area (Å²) in [6.07, 6.45) is 4.09. The second-order valence-corrected chi connectivity index (χ2v) is 7.80. The number of benzene rings is 2. The van der Waals surface area contributed by atoms with E-state index in [1.54, 1.807) is 19.6 Å². The van der Waals surface area contributed by atoms with E-state index in [-0.39, 0.29) is 6.10 Å².